The monoisotopic (exact) mass is 334 g/mol. The lowest BCUT2D eigenvalue weighted by molar-refractivity contribution is 0.0337. The van der Waals surface area contributed by atoms with Crippen molar-refractivity contribution in [1.82, 2.24) is 0 Å². The first-order valence-electron chi connectivity index (χ1n) is 7.84. The van der Waals surface area contributed by atoms with Gasteiger partial charge in [0.25, 0.3) is 0 Å². The van der Waals surface area contributed by atoms with Crippen LogP contribution >= 0.6 is 0 Å². The maximum Gasteiger partial charge on any atom is 0.342 e. The number of hydrogen-bond acceptors (Lipinski definition) is 6. The van der Waals surface area contributed by atoms with E-state index in [1.54, 1.807) is 25.2 Å². The third-order valence-corrected chi connectivity index (χ3v) is 3.77. The lowest BCUT2D eigenvalue weighted by Crippen LogP contribution is -2.23. The first kappa shape index (κ1) is 18.0. The predicted molar refractivity (Wildman–Crippen MR) is 88.7 cm³/mol. The van der Waals surface area contributed by atoms with Crippen LogP contribution in [0.4, 0.5) is 0 Å². The van der Waals surface area contributed by atoms with E-state index in [-0.39, 0.29) is 17.1 Å². The lowest BCUT2D eigenvalue weighted by atomic mass is 10.0. The molecule has 0 saturated heterocycles. The zero-order chi connectivity index (χ0) is 17.7. The average Bonchev–Trinajstić information content (AvgIpc) is 2.49. The standard InChI is InChI=1S/C18H22O6/c1-11-5-4-8-15(21)14(20)7-3-2-6-12-9-13(19)10-16(22)17(12)18(23)24-11/h2,4,6,8-11,14-15,19-22H,3,5,7H2,1H3/t11-,14+,15+/m0/s1. The van der Waals surface area contributed by atoms with Gasteiger partial charge in [-0.1, -0.05) is 24.3 Å². The largest absolute Gasteiger partial charge is 0.508 e. The Hall–Kier alpha value is -2.31. The number of ether oxygens (including phenoxy) is 1. The second-order valence-corrected chi connectivity index (χ2v) is 5.85. The molecule has 1 aliphatic heterocycles. The van der Waals surface area contributed by atoms with Gasteiger partial charge in [0, 0.05) is 12.5 Å². The van der Waals surface area contributed by atoms with Crippen LogP contribution in [-0.2, 0) is 4.74 Å². The molecule has 0 amide bonds. The van der Waals surface area contributed by atoms with E-state index in [2.05, 4.69) is 0 Å². The first-order valence-corrected chi connectivity index (χ1v) is 7.84. The van der Waals surface area contributed by atoms with Crippen LogP contribution in [0.25, 0.3) is 6.08 Å². The van der Waals surface area contributed by atoms with Crippen LogP contribution in [0.15, 0.2) is 30.4 Å². The number of rotatable bonds is 0. The molecule has 1 heterocycles. The van der Waals surface area contributed by atoms with Crippen molar-refractivity contribution in [2.45, 2.75) is 44.5 Å². The predicted octanol–water partition coefficient (Wildman–Crippen LogP) is 2.12. The van der Waals surface area contributed by atoms with Gasteiger partial charge in [-0.05, 0) is 31.4 Å². The highest BCUT2D eigenvalue weighted by Gasteiger charge is 2.20. The third kappa shape index (κ3) is 4.59. The van der Waals surface area contributed by atoms with Gasteiger partial charge in [0.2, 0.25) is 0 Å². The molecular formula is C18H22O6. The fourth-order valence-corrected chi connectivity index (χ4v) is 2.46. The summed E-state index contributed by atoms with van der Waals surface area (Å²) in [5.74, 6) is -1.22. The fourth-order valence-electron chi connectivity index (χ4n) is 2.46. The molecular weight excluding hydrogens is 312 g/mol. The summed E-state index contributed by atoms with van der Waals surface area (Å²) in [5, 5.41) is 39.3. The molecule has 0 fully saturated rings. The van der Waals surface area contributed by atoms with Crippen molar-refractivity contribution in [1.29, 1.82) is 0 Å². The highest BCUT2D eigenvalue weighted by Crippen LogP contribution is 2.29. The van der Waals surface area contributed by atoms with Gasteiger partial charge in [0.15, 0.2) is 0 Å². The summed E-state index contributed by atoms with van der Waals surface area (Å²) < 4.78 is 5.29. The Labute approximate surface area is 140 Å². The number of hydrogen-bond donors (Lipinski definition) is 4. The van der Waals surface area contributed by atoms with E-state index < -0.39 is 24.3 Å². The molecule has 1 aliphatic rings. The van der Waals surface area contributed by atoms with Crippen molar-refractivity contribution < 1.29 is 30.0 Å². The van der Waals surface area contributed by atoms with Gasteiger partial charge in [-0.25, -0.2) is 4.79 Å². The second-order valence-electron chi connectivity index (χ2n) is 5.85. The summed E-state index contributed by atoms with van der Waals surface area (Å²) >= 11 is 0. The topological polar surface area (TPSA) is 107 Å². The van der Waals surface area contributed by atoms with Crippen molar-refractivity contribution in [3.05, 3.63) is 41.5 Å². The molecule has 4 N–H and O–H groups in total. The summed E-state index contributed by atoms with van der Waals surface area (Å²) in [4.78, 5) is 12.3. The quantitative estimate of drug-likeness (QED) is 0.428. The van der Waals surface area contributed by atoms with Crippen LogP contribution in [0.1, 0.15) is 42.1 Å². The number of aliphatic hydroxyl groups excluding tert-OH is 2. The van der Waals surface area contributed by atoms with Gasteiger partial charge in [-0.2, -0.15) is 0 Å². The summed E-state index contributed by atoms with van der Waals surface area (Å²) in [6.07, 6.45) is 5.18. The fraction of sp³-hybridized carbons (Fsp3) is 0.389. The maximum absolute atomic E-state index is 12.3. The summed E-state index contributed by atoms with van der Waals surface area (Å²) in [7, 11) is 0. The number of phenols is 2. The van der Waals surface area contributed by atoms with Crippen LogP contribution < -0.4 is 0 Å². The molecule has 1 aromatic rings. The Kier molecular flexibility index (Phi) is 6.00. The number of allylic oxidation sites excluding steroid dienone is 1. The molecule has 0 unspecified atom stereocenters. The van der Waals surface area contributed by atoms with E-state index in [1.165, 1.54) is 12.1 Å². The second kappa shape index (κ2) is 7.99. The van der Waals surface area contributed by atoms with E-state index in [0.29, 0.717) is 24.8 Å². The number of cyclic esters (lactones) is 1. The van der Waals surface area contributed by atoms with Crippen molar-refractivity contribution >= 4 is 12.0 Å². The SMILES string of the molecule is C[C@H]1CC=C[C@@H](O)[C@H](O)CCC=Cc2cc(O)cc(O)c2C(=O)O1. The normalized spacial score (nSPS) is 25.6. The Morgan fingerprint density at radius 3 is 2.67 bits per heavy atom. The number of phenolic OH excluding ortho intramolecular Hbond substituents is 2. The summed E-state index contributed by atoms with van der Waals surface area (Å²) in [6.45, 7) is 1.68. The lowest BCUT2D eigenvalue weighted by Gasteiger charge is -2.16. The zero-order valence-electron chi connectivity index (χ0n) is 13.4. The Morgan fingerprint density at radius 1 is 1.17 bits per heavy atom. The molecule has 130 valence electrons. The average molecular weight is 334 g/mol. The molecule has 6 nitrogen and oxygen atoms in total. The number of fused-ring (bicyclic) bond motifs is 1. The minimum atomic E-state index is -0.982. The van der Waals surface area contributed by atoms with Gasteiger partial charge in [0.1, 0.15) is 23.2 Å². The van der Waals surface area contributed by atoms with E-state index in [4.69, 9.17) is 4.74 Å². The molecule has 0 aliphatic carbocycles. The van der Waals surface area contributed by atoms with Crippen molar-refractivity contribution in [2.75, 3.05) is 0 Å². The Balaban J connectivity index is 2.36. The van der Waals surface area contributed by atoms with Gasteiger partial charge in [-0.3, -0.25) is 0 Å². The molecule has 2 rings (SSSR count). The molecule has 3 atom stereocenters. The van der Waals surface area contributed by atoms with Crippen LogP contribution in [0.5, 0.6) is 11.5 Å². The number of carbonyl (C=O) groups excluding carboxylic acids is 1. The number of esters is 1. The van der Waals surface area contributed by atoms with Crippen LogP contribution in [0, 0.1) is 0 Å². The van der Waals surface area contributed by atoms with E-state index in [9.17, 15) is 25.2 Å². The van der Waals surface area contributed by atoms with Crippen molar-refractivity contribution in [3.8, 4) is 11.5 Å². The van der Waals surface area contributed by atoms with Crippen LogP contribution in [-0.4, -0.2) is 44.7 Å². The van der Waals surface area contributed by atoms with E-state index in [0.717, 1.165) is 6.07 Å². The van der Waals surface area contributed by atoms with Gasteiger partial charge < -0.3 is 25.2 Å². The molecule has 0 aromatic heterocycles. The zero-order valence-corrected chi connectivity index (χ0v) is 13.4. The van der Waals surface area contributed by atoms with Gasteiger partial charge >= 0.3 is 5.97 Å². The molecule has 24 heavy (non-hydrogen) atoms. The summed E-state index contributed by atoms with van der Waals surface area (Å²) in [6, 6.07) is 2.44. The number of aliphatic hydroxyl groups is 2. The minimum Gasteiger partial charge on any atom is -0.508 e. The Morgan fingerprint density at radius 2 is 1.92 bits per heavy atom. The Bertz CT molecular complexity index is 649. The smallest absolute Gasteiger partial charge is 0.342 e. The highest BCUT2D eigenvalue weighted by molar-refractivity contribution is 5.97. The first-order chi connectivity index (χ1) is 11.4. The van der Waals surface area contributed by atoms with Gasteiger partial charge in [0.05, 0.1) is 12.2 Å². The molecule has 1 aromatic carbocycles. The van der Waals surface area contributed by atoms with E-state index >= 15 is 0 Å². The molecule has 0 bridgehead atoms. The van der Waals surface area contributed by atoms with E-state index in [1.807, 2.05) is 0 Å². The van der Waals surface area contributed by atoms with Gasteiger partial charge in [-0.15, -0.1) is 0 Å². The number of carbonyl (C=O) groups is 1. The van der Waals surface area contributed by atoms with Crippen molar-refractivity contribution in [3.63, 3.8) is 0 Å². The minimum absolute atomic E-state index is 0.0162. The van der Waals surface area contributed by atoms with Crippen LogP contribution in [0.3, 0.4) is 0 Å². The molecule has 0 saturated carbocycles. The van der Waals surface area contributed by atoms with Crippen molar-refractivity contribution in [2.24, 2.45) is 0 Å². The third-order valence-electron chi connectivity index (χ3n) is 3.77. The number of benzene rings is 1. The summed E-state index contributed by atoms with van der Waals surface area (Å²) in [5.41, 5.74) is 0.310. The molecule has 6 heteroatoms. The maximum atomic E-state index is 12.3. The molecule has 0 radical (unpaired) electrons. The highest BCUT2D eigenvalue weighted by atomic mass is 16.5. The molecule has 0 spiro atoms. The number of aromatic hydroxyl groups is 2. The van der Waals surface area contributed by atoms with Crippen LogP contribution in [0.2, 0.25) is 0 Å².